The second-order valence-corrected chi connectivity index (χ2v) is 5.99. The number of hydrogen-bond donors (Lipinski definition) is 1. The van der Waals surface area contributed by atoms with Crippen molar-refractivity contribution in [1.29, 1.82) is 0 Å². The molecule has 1 saturated heterocycles. The van der Waals surface area contributed by atoms with Gasteiger partial charge < -0.3 is 5.32 Å². The zero-order valence-electron chi connectivity index (χ0n) is 12.9. The van der Waals surface area contributed by atoms with E-state index in [0.29, 0.717) is 5.92 Å². The molecule has 0 saturated carbocycles. The molecule has 0 spiro atoms. The standard InChI is InChI=1S/C18H19N5/c1-2-15(17-10-20-13-21-11-17)8-16(3-1)18-5-7-23(22-18)12-14-4-6-19-9-14/h1-3,5,7-8,10-11,13-14,19H,4,6,9,12H2. The van der Waals surface area contributed by atoms with Crippen LogP contribution in [0.2, 0.25) is 0 Å². The zero-order valence-corrected chi connectivity index (χ0v) is 12.9. The monoisotopic (exact) mass is 305 g/mol. The highest BCUT2D eigenvalue weighted by molar-refractivity contribution is 5.70. The third-order valence-corrected chi connectivity index (χ3v) is 4.30. The SMILES string of the molecule is c1cc(-c2cncnc2)cc(-c2ccn(CC3CCNC3)n2)c1. The lowest BCUT2D eigenvalue weighted by molar-refractivity contribution is 0.450. The number of hydrogen-bond acceptors (Lipinski definition) is 4. The van der Waals surface area contributed by atoms with Gasteiger partial charge in [-0.05, 0) is 43.1 Å². The number of aromatic nitrogens is 4. The summed E-state index contributed by atoms with van der Waals surface area (Å²) in [4.78, 5) is 8.18. The molecule has 5 nitrogen and oxygen atoms in total. The van der Waals surface area contributed by atoms with Crippen LogP contribution in [0.5, 0.6) is 0 Å². The van der Waals surface area contributed by atoms with E-state index in [2.05, 4.69) is 56.5 Å². The van der Waals surface area contributed by atoms with Crippen molar-refractivity contribution in [2.45, 2.75) is 13.0 Å². The maximum atomic E-state index is 4.74. The van der Waals surface area contributed by atoms with Crippen LogP contribution >= 0.6 is 0 Å². The van der Waals surface area contributed by atoms with Gasteiger partial charge in [0.25, 0.3) is 0 Å². The minimum atomic E-state index is 0.690. The molecule has 5 heteroatoms. The van der Waals surface area contributed by atoms with E-state index in [1.165, 1.54) is 6.42 Å². The van der Waals surface area contributed by atoms with Crippen molar-refractivity contribution in [2.24, 2.45) is 5.92 Å². The molecular formula is C18H19N5. The van der Waals surface area contributed by atoms with Gasteiger partial charge in [-0.2, -0.15) is 5.10 Å². The molecule has 0 bridgehead atoms. The zero-order chi connectivity index (χ0) is 15.5. The van der Waals surface area contributed by atoms with Gasteiger partial charge in [0.05, 0.1) is 5.69 Å². The Morgan fingerprint density at radius 3 is 2.78 bits per heavy atom. The van der Waals surface area contributed by atoms with Crippen molar-refractivity contribution in [3.63, 3.8) is 0 Å². The van der Waals surface area contributed by atoms with Crippen molar-refractivity contribution in [1.82, 2.24) is 25.1 Å². The van der Waals surface area contributed by atoms with Gasteiger partial charge >= 0.3 is 0 Å². The summed E-state index contributed by atoms with van der Waals surface area (Å²) in [5.41, 5.74) is 4.26. The fourth-order valence-corrected chi connectivity index (χ4v) is 3.06. The summed E-state index contributed by atoms with van der Waals surface area (Å²) in [6, 6.07) is 10.4. The van der Waals surface area contributed by atoms with Gasteiger partial charge in [0.1, 0.15) is 6.33 Å². The van der Waals surface area contributed by atoms with Gasteiger partial charge in [0, 0.05) is 36.3 Å². The smallest absolute Gasteiger partial charge is 0.115 e. The minimum Gasteiger partial charge on any atom is -0.316 e. The van der Waals surface area contributed by atoms with Crippen LogP contribution in [-0.2, 0) is 6.54 Å². The van der Waals surface area contributed by atoms with Crippen molar-refractivity contribution < 1.29 is 0 Å². The summed E-state index contributed by atoms with van der Waals surface area (Å²) in [6.07, 6.45) is 8.52. The lowest BCUT2D eigenvalue weighted by Gasteiger charge is -2.08. The molecule has 0 amide bonds. The highest BCUT2D eigenvalue weighted by atomic mass is 15.3. The molecular weight excluding hydrogens is 286 g/mol. The third-order valence-electron chi connectivity index (χ3n) is 4.30. The predicted molar refractivity (Wildman–Crippen MR) is 89.7 cm³/mol. The first-order valence-electron chi connectivity index (χ1n) is 7.98. The summed E-state index contributed by atoms with van der Waals surface area (Å²) in [6.45, 7) is 3.21. The summed E-state index contributed by atoms with van der Waals surface area (Å²) < 4.78 is 2.06. The fourth-order valence-electron chi connectivity index (χ4n) is 3.06. The van der Waals surface area contributed by atoms with Crippen molar-refractivity contribution in [3.05, 3.63) is 55.2 Å². The summed E-state index contributed by atoms with van der Waals surface area (Å²) in [5, 5.41) is 8.14. The van der Waals surface area contributed by atoms with Crippen LogP contribution in [0.25, 0.3) is 22.4 Å². The Balaban J connectivity index is 1.57. The van der Waals surface area contributed by atoms with E-state index in [0.717, 1.165) is 42.0 Å². The van der Waals surface area contributed by atoms with E-state index < -0.39 is 0 Å². The highest BCUT2D eigenvalue weighted by Crippen LogP contribution is 2.24. The second-order valence-electron chi connectivity index (χ2n) is 5.99. The van der Waals surface area contributed by atoms with E-state index in [-0.39, 0.29) is 0 Å². The van der Waals surface area contributed by atoms with Gasteiger partial charge in [-0.15, -0.1) is 0 Å². The molecule has 1 aromatic carbocycles. The van der Waals surface area contributed by atoms with E-state index in [1.54, 1.807) is 6.33 Å². The molecule has 1 N–H and O–H groups in total. The minimum absolute atomic E-state index is 0.690. The molecule has 2 aromatic heterocycles. The summed E-state index contributed by atoms with van der Waals surface area (Å²) >= 11 is 0. The van der Waals surface area contributed by atoms with Crippen molar-refractivity contribution >= 4 is 0 Å². The first-order valence-corrected chi connectivity index (χ1v) is 7.98. The van der Waals surface area contributed by atoms with Crippen LogP contribution in [-0.4, -0.2) is 32.8 Å². The summed E-state index contributed by atoms with van der Waals surface area (Å²) in [7, 11) is 0. The van der Waals surface area contributed by atoms with Gasteiger partial charge in [0.2, 0.25) is 0 Å². The molecule has 1 unspecified atom stereocenters. The number of rotatable bonds is 4. The Labute approximate surface area is 135 Å². The number of nitrogens with one attached hydrogen (secondary N) is 1. The van der Waals surface area contributed by atoms with Gasteiger partial charge in [-0.1, -0.05) is 18.2 Å². The maximum absolute atomic E-state index is 4.74. The van der Waals surface area contributed by atoms with E-state index in [1.807, 2.05) is 12.4 Å². The largest absolute Gasteiger partial charge is 0.316 e. The normalized spacial score (nSPS) is 17.5. The van der Waals surface area contributed by atoms with Crippen molar-refractivity contribution in [3.8, 4) is 22.4 Å². The predicted octanol–water partition coefficient (Wildman–Crippen LogP) is 2.62. The Kier molecular flexibility index (Phi) is 3.86. The van der Waals surface area contributed by atoms with Gasteiger partial charge in [-0.3, -0.25) is 4.68 Å². The lowest BCUT2D eigenvalue weighted by Crippen LogP contribution is -2.14. The van der Waals surface area contributed by atoms with Gasteiger partial charge in [0.15, 0.2) is 0 Å². The van der Waals surface area contributed by atoms with E-state index in [9.17, 15) is 0 Å². The van der Waals surface area contributed by atoms with Gasteiger partial charge in [-0.25, -0.2) is 9.97 Å². The molecule has 3 heterocycles. The number of nitrogens with zero attached hydrogens (tertiary/aromatic N) is 4. The maximum Gasteiger partial charge on any atom is 0.115 e. The third kappa shape index (κ3) is 3.14. The van der Waals surface area contributed by atoms with Crippen LogP contribution in [0.4, 0.5) is 0 Å². The Bertz CT molecular complexity index is 775. The topological polar surface area (TPSA) is 55.6 Å². The summed E-state index contributed by atoms with van der Waals surface area (Å²) in [5.74, 6) is 0.690. The highest BCUT2D eigenvalue weighted by Gasteiger charge is 2.15. The fraction of sp³-hybridized carbons (Fsp3) is 0.278. The number of benzene rings is 1. The molecule has 0 aliphatic carbocycles. The van der Waals surface area contributed by atoms with Crippen LogP contribution < -0.4 is 5.32 Å². The Morgan fingerprint density at radius 2 is 1.96 bits per heavy atom. The van der Waals surface area contributed by atoms with Crippen LogP contribution in [0.1, 0.15) is 6.42 Å². The molecule has 1 fully saturated rings. The quantitative estimate of drug-likeness (QED) is 0.805. The molecule has 1 atom stereocenters. The average Bonchev–Trinajstić information content (AvgIpc) is 3.28. The second kappa shape index (κ2) is 6.30. The molecule has 1 aliphatic heterocycles. The lowest BCUT2D eigenvalue weighted by atomic mass is 10.0. The Morgan fingerprint density at radius 1 is 1.09 bits per heavy atom. The molecule has 23 heavy (non-hydrogen) atoms. The molecule has 4 rings (SSSR count). The Hall–Kier alpha value is -2.53. The first-order chi connectivity index (χ1) is 11.4. The van der Waals surface area contributed by atoms with E-state index in [4.69, 9.17) is 5.10 Å². The van der Waals surface area contributed by atoms with Crippen LogP contribution in [0.15, 0.2) is 55.2 Å². The molecule has 116 valence electrons. The van der Waals surface area contributed by atoms with Crippen molar-refractivity contribution in [2.75, 3.05) is 13.1 Å². The van der Waals surface area contributed by atoms with E-state index >= 15 is 0 Å². The first kappa shape index (κ1) is 14.1. The molecule has 3 aromatic rings. The van der Waals surface area contributed by atoms with Crippen LogP contribution in [0, 0.1) is 5.92 Å². The molecule has 0 radical (unpaired) electrons. The molecule has 1 aliphatic rings. The van der Waals surface area contributed by atoms with Crippen LogP contribution in [0.3, 0.4) is 0 Å². The average molecular weight is 305 g/mol.